The van der Waals surface area contributed by atoms with Gasteiger partial charge in [-0.3, -0.25) is 9.67 Å². The van der Waals surface area contributed by atoms with Crippen molar-refractivity contribution in [2.75, 3.05) is 33.9 Å². The Labute approximate surface area is 215 Å². The minimum atomic E-state index is -0.0625. The summed E-state index contributed by atoms with van der Waals surface area (Å²) in [5.74, 6) is 1.76. The van der Waals surface area contributed by atoms with Crippen LogP contribution in [0.2, 0.25) is 0 Å². The Balaban J connectivity index is 0.00000385. The van der Waals surface area contributed by atoms with Crippen molar-refractivity contribution in [2.45, 2.75) is 58.4 Å². The number of methoxy groups -OCH3 is 1. The van der Waals surface area contributed by atoms with Crippen LogP contribution in [-0.2, 0) is 23.6 Å². The normalized spacial score (nSPS) is 16.6. The van der Waals surface area contributed by atoms with E-state index in [4.69, 9.17) is 9.47 Å². The van der Waals surface area contributed by atoms with Gasteiger partial charge in [0, 0.05) is 56.6 Å². The van der Waals surface area contributed by atoms with E-state index in [-0.39, 0.29) is 35.4 Å². The smallest absolute Gasteiger partial charge is 0.191 e. The number of hydrogen-bond donors (Lipinski definition) is 2. The Kier molecular flexibility index (Phi) is 10.0. The van der Waals surface area contributed by atoms with E-state index in [1.807, 2.05) is 18.8 Å². The number of aromatic nitrogens is 2. The summed E-state index contributed by atoms with van der Waals surface area (Å²) in [7, 11) is 5.57. The molecule has 2 heterocycles. The van der Waals surface area contributed by atoms with E-state index < -0.39 is 0 Å². The predicted octanol–water partition coefficient (Wildman–Crippen LogP) is 3.82. The largest absolute Gasteiger partial charge is 0.496 e. The first-order chi connectivity index (χ1) is 15.3. The Morgan fingerprint density at radius 3 is 2.55 bits per heavy atom. The monoisotopic (exact) mass is 569 g/mol. The summed E-state index contributed by atoms with van der Waals surface area (Å²) >= 11 is 0. The highest BCUT2D eigenvalue weighted by Crippen LogP contribution is 2.40. The summed E-state index contributed by atoms with van der Waals surface area (Å²) in [4.78, 5) is 4.50. The molecule has 1 fully saturated rings. The molecule has 1 unspecified atom stereocenters. The zero-order valence-electron chi connectivity index (χ0n) is 21.1. The number of halogens is 1. The van der Waals surface area contributed by atoms with Gasteiger partial charge in [-0.15, -0.1) is 24.0 Å². The van der Waals surface area contributed by atoms with E-state index in [1.165, 1.54) is 22.4 Å². The number of aryl methyl sites for hydroxylation is 3. The van der Waals surface area contributed by atoms with Crippen LogP contribution in [0, 0.1) is 20.8 Å². The molecule has 0 radical (unpaired) electrons. The summed E-state index contributed by atoms with van der Waals surface area (Å²) in [6.07, 6.45) is 2.79. The van der Waals surface area contributed by atoms with E-state index in [2.05, 4.69) is 66.6 Å². The quantitative estimate of drug-likeness (QED) is 0.302. The third-order valence-corrected chi connectivity index (χ3v) is 6.75. The molecule has 7 nitrogen and oxygen atoms in total. The molecule has 0 amide bonds. The molecular formula is C25H40IN5O2. The van der Waals surface area contributed by atoms with Gasteiger partial charge < -0.3 is 20.1 Å². The highest BCUT2D eigenvalue weighted by Gasteiger charge is 2.37. The predicted molar refractivity (Wildman–Crippen MR) is 145 cm³/mol. The maximum Gasteiger partial charge on any atom is 0.191 e. The zero-order valence-corrected chi connectivity index (χ0v) is 23.4. The van der Waals surface area contributed by atoms with Crippen molar-refractivity contribution in [3.8, 4) is 5.75 Å². The average molecular weight is 570 g/mol. The van der Waals surface area contributed by atoms with Gasteiger partial charge in [-0.05, 0) is 58.6 Å². The topological polar surface area (TPSA) is 72.7 Å². The van der Waals surface area contributed by atoms with Crippen molar-refractivity contribution in [2.24, 2.45) is 12.0 Å². The first-order valence-electron chi connectivity index (χ1n) is 11.5. The van der Waals surface area contributed by atoms with Crippen LogP contribution in [-0.4, -0.2) is 55.7 Å². The van der Waals surface area contributed by atoms with Gasteiger partial charge >= 0.3 is 0 Å². The molecular weight excluding hydrogens is 529 g/mol. The van der Waals surface area contributed by atoms with Crippen molar-refractivity contribution in [3.05, 3.63) is 46.3 Å². The molecule has 0 saturated carbocycles. The van der Waals surface area contributed by atoms with Gasteiger partial charge in [0.05, 0.1) is 12.8 Å². The van der Waals surface area contributed by atoms with Gasteiger partial charge in [0.15, 0.2) is 5.96 Å². The Morgan fingerprint density at radius 1 is 1.27 bits per heavy atom. The van der Waals surface area contributed by atoms with Crippen LogP contribution >= 0.6 is 24.0 Å². The highest BCUT2D eigenvalue weighted by molar-refractivity contribution is 14.0. The molecule has 1 aliphatic heterocycles. The number of rotatable bonds is 7. The molecule has 8 heteroatoms. The maximum absolute atomic E-state index is 5.74. The molecule has 1 aromatic carbocycles. The lowest BCUT2D eigenvalue weighted by atomic mass is 9.73. The number of guanidine groups is 1. The molecule has 0 spiro atoms. The lowest BCUT2D eigenvalue weighted by molar-refractivity contribution is 0.0505. The molecule has 3 rings (SSSR count). The molecule has 1 atom stereocenters. The summed E-state index contributed by atoms with van der Waals surface area (Å²) in [6, 6.07) is 6.67. The van der Waals surface area contributed by atoms with E-state index in [1.54, 1.807) is 7.11 Å². The first kappa shape index (κ1) is 27.4. The molecule has 0 bridgehead atoms. The minimum absolute atomic E-state index is 0. The fraction of sp³-hybridized carbons (Fsp3) is 0.600. The lowest BCUT2D eigenvalue weighted by Crippen LogP contribution is -2.50. The number of hydrogen-bond acceptors (Lipinski definition) is 4. The number of ether oxygens (including phenoxy) is 2. The molecule has 33 heavy (non-hydrogen) atoms. The van der Waals surface area contributed by atoms with Crippen LogP contribution in [0.15, 0.2) is 23.2 Å². The fourth-order valence-electron chi connectivity index (χ4n) is 4.69. The molecule has 184 valence electrons. The van der Waals surface area contributed by atoms with E-state index >= 15 is 0 Å². The molecule has 1 saturated heterocycles. The van der Waals surface area contributed by atoms with Crippen molar-refractivity contribution < 1.29 is 9.47 Å². The van der Waals surface area contributed by atoms with Gasteiger partial charge in [0.2, 0.25) is 0 Å². The molecule has 1 aromatic heterocycles. The molecule has 1 aliphatic rings. The van der Waals surface area contributed by atoms with Crippen LogP contribution in [0.4, 0.5) is 0 Å². The summed E-state index contributed by atoms with van der Waals surface area (Å²) in [6.45, 7) is 10.8. The van der Waals surface area contributed by atoms with Crippen molar-refractivity contribution in [1.29, 1.82) is 0 Å². The Morgan fingerprint density at radius 2 is 1.97 bits per heavy atom. The van der Waals surface area contributed by atoms with Gasteiger partial charge in [-0.25, -0.2) is 0 Å². The summed E-state index contributed by atoms with van der Waals surface area (Å²) < 4.78 is 13.4. The second kappa shape index (κ2) is 12.1. The van der Waals surface area contributed by atoms with E-state index in [0.717, 1.165) is 56.4 Å². The third kappa shape index (κ3) is 6.41. The standard InChI is InChI=1S/C25H39N5O2.HI/c1-17-8-9-23(31-7)22(14-17)25(10-12-32-13-11-25)16-27-24(26-5)28-18(2)15-21-19(3)29-30(6)20(21)4;/h8-9,14,18H,10-13,15-16H2,1-7H3,(H2,26,27,28);1H. The van der Waals surface area contributed by atoms with Gasteiger partial charge in [0.25, 0.3) is 0 Å². The second-order valence-corrected chi connectivity index (χ2v) is 9.04. The maximum atomic E-state index is 5.74. The average Bonchev–Trinajstić information content (AvgIpc) is 3.03. The van der Waals surface area contributed by atoms with Crippen LogP contribution in [0.3, 0.4) is 0 Å². The number of benzene rings is 1. The van der Waals surface area contributed by atoms with Gasteiger partial charge in [-0.2, -0.15) is 5.10 Å². The summed E-state index contributed by atoms with van der Waals surface area (Å²) in [5.41, 5.74) is 6.04. The minimum Gasteiger partial charge on any atom is -0.496 e. The van der Waals surface area contributed by atoms with Crippen LogP contribution in [0.5, 0.6) is 5.75 Å². The third-order valence-electron chi connectivity index (χ3n) is 6.75. The highest BCUT2D eigenvalue weighted by atomic mass is 127. The number of nitrogens with zero attached hydrogens (tertiary/aromatic N) is 3. The Hall–Kier alpha value is -1.81. The first-order valence-corrected chi connectivity index (χ1v) is 11.5. The SMILES string of the molecule is CN=C(NCC1(c2cc(C)ccc2OC)CCOCC1)NC(C)Cc1c(C)nn(C)c1C.I. The molecule has 0 aliphatic carbocycles. The van der Waals surface area contributed by atoms with Gasteiger partial charge in [-0.1, -0.05) is 17.7 Å². The number of nitrogens with one attached hydrogen (secondary N) is 2. The summed E-state index contributed by atoms with van der Waals surface area (Å²) in [5, 5.41) is 11.7. The van der Waals surface area contributed by atoms with Crippen LogP contribution in [0.25, 0.3) is 0 Å². The van der Waals surface area contributed by atoms with Crippen LogP contribution < -0.4 is 15.4 Å². The van der Waals surface area contributed by atoms with Crippen molar-refractivity contribution in [3.63, 3.8) is 0 Å². The van der Waals surface area contributed by atoms with Gasteiger partial charge in [0.1, 0.15) is 5.75 Å². The molecule has 2 aromatic rings. The van der Waals surface area contributed by atoms with Crippen molar-refractivity contribution >= 4 is 29.9 Å². The lowest BCUT2D eigenvalue weighted by Gasteiger charge is -2.39. The van der Waals surface area contributed by atoms with Crippen LogP contribution in [0.1, 0.15) is 47.8 Å². The fourth-order valence-corrected chi connectivity index (χ4v) is 4.69. The number of aliphatic imine (C=N–C) groups is 1. The van der Waals surface area contributed by atoms with E-state index in [9.17, 15) is 0 Å². The van der Waals surface area contributed by atoms with E-state index in [0.29, 0.717) is 0 Å². The molecule has 2 N–H and O–H groups in total. The Bertz CT molecular complexity index is 951. The second-order valence-electron chi connectivity index (χ2n) is 9.04. The zero-order chi connectivity index (χ0) is 23.3. The van der Waals surface area contributed by atoms with Crippen molar-refractivity contribution in [1.82, 2.24) is 20.4 Å².